The number of anilines is 1. The smallest absolute Gasteiger partial charge is 0.252 e. The van der Waals surface area contributed by atoms with Crippen LogP contribution in [0.5, 0.6) is 0 Å². The Balaban J connectivity index is 1.40. The maximum absolute atomic E-state index is 12.9. The van der Waals surface area contributed by atoms with Gasteiger partial charge in [-0.15, -0.1) is 11.3 Å². The molecule has 1 atom stereocenters. The first-order valence-corrected chi connectivity index (χ1v) is 11.9. The van der Waals surface area contributed by atoms with Gasteiger partial charge in [-0.2, -0.15) is 4.31 Å². The SMILES string of the molecule is C[C@@H]1CCc2ccccc2N1CC(=O)N1CCN(S(=O)(=O)c2cccs2)CC1. The molecule has 0 unspecified atom stereocenters. The fourth-order valence-corrected chi connectivity index (χ4v) is 6.53. The molecular weight excluding hydrogens is 394 g/mol. The summed E-state index contributed by atoms with van der Waals surface area (Å²) in [6.07, 6.45) is 2.08. The molecule has 1 aromatic heterocycles. The first-order chi connectivity index (χ1) is 13.5. The molecule has 0 saturated carbocycles. The highest BCUT2D eigenvalue weighted by atomic mass is 32.2. The molecule has 0 radical (unpaired) electrons. The van der Waals surface area contributed by atoms with Crippen LogP contribution in [-0.4, -0.2) is 62.3 Å². The van der Waals surface area contributed by atoms with Gasteiger partial charge >= 0.3 is 0 Å². The summed E-state index contributed by atoms with van der Waals surface area (Å²) in [5, 5.41) is 1.77. The van der Waals surface area contributed by atoms with Gasteiger partial charge in [-0.1, -0.05) is 24.3 Å². The minimum Gasteiger partial charge on any atom is -0.359 e. The topological polar surface area (TPSA) is 60.9 Å². The van der Waals surface area contributed by atoms with Gasteiger partial charge in [-0.25, -0.2) is 8.42 Å². The predicted octanol–water partition coefficient (Wildman–Crippen LogP) is 2.42. The van der Waals surface area contributed by atoms with Crippen LogP contribution in [0, 0.1) is 0 Å². The van der Waals surface area contributed by atoms with E-state index < -0.39 is 10.0 Å². The van der Waals surface area contributed by atoms with Crippen molar-refractivity contribution in [2.24, 2.45) is 0 Å². The summed E-state index contributed by atoms with van der Waals surface area (Å²) in [6, 6.07) is 12.0. The van der Waals surface area contributed by atoms with Gasteiger partial charge in [0.2, 0.25) is 5.91 Å². The number of sulfonamides is 1. The maximum atomic E-state index is 12.9. The average Bonchev–Trinajstić information content (AvgIpc) is 3.26. The van der Waals surface area contributed by atoms with Crippen LogP contribution in [0.3, 0.4) is 0 Å². The molecular formula is C20H25N3O3S2. The zero-order valence-corrected chi connectivity index (χ0v) is 17.6. The second-order valence-corrected chi connectivity index (χ2v) is 10.5. The third-order valence-corrected chi connectivity index (χ3v) is 8.92. The molecule has 28 heavy (non-hydrogen) atoms. The highest BCUT2D eigenvalue weighted by Gasteiger charge is 2.32. The number of hydrogen-bond acceptors (Lipinski definition) is 5. The van der Waals surface area contributed by atoms with E-state index in [-0.39, 0.29) is 5.91 Å². The minimum absolute atomic E-state index is 0.0664. The molecule has 2 aromatic rings. The standard InChI is InChI=1S/C20H25N3O3S2/c1-16-8-9-17-5-2-3-6-18(17)23(16)15-19(24)21-10-12-22(13-11-21)28(25,26)20-7-4-14-27-20/h2-7,14,16H,8-13,15H2,1H3/t16-/m1/s1. The van der Waals surface area contributed by atoms with Gasteiger partial charge in [-0.05, 0) is 42.8 Å². The number of aryl methyl sites for hydroxylation is 1. The Morgan fingerprint density at radius 3 is 2.57 bits per heavy atom. The highest BCUT2D eigenvalue weighted by Crippen LogP contribution is 2.30. The summed E-state index contributed by atoms with van der Waals surface area (Å²) in [6.45, 7) is 4.07. The van der Waals surface area contributed by atoms with Crippen molar-refractivity contribution in [2.75, 3.05) is 37.6 Å². The van der Waals surface area contributed by atoms with Crippen molar-refractivity contribution in [3.8, 4) is 0 Å². The van der Waals surface area contributed by atoms with E-state index >= 15 is 0 Å². The number of hydrogen-bond donors (Lipinski definition) is 0. The van der Waals surface area contributed by atoms with Crippen LogP contribution < -0.4 is 4.90 Å². The Kier molecular flexibility index (Phi) is 5.44. The molecule has 8 heteroatoms. The van der Waals surface area contributed by atoms with Crippen molar-refractivity contribution < 1.29 is 13.2 Å². The average molecular weight is 420 g/mol. The summed E-state index contributed by atoms with van der Waals surface area (Å²) in [4.78, 5) is 16.9. The molecule has 3 heterocycles. The van der Waals surface area contributed by atoms with E-state index in [1.807, 2.05) is 12.1 Å². The van der Waals surface area contributed by atoms with E-state index in [1.54, 1.807) is 22.4 Å². The molecule has 0 bridgehead atoms. The van der Waals surface area contributed by atoms with Crippen LogP contribution >= 0.6 is 11.3 Å². The molecule has 2 aliphatic heterocycles. The fourth-order valence-electron chi connectivity index (χ4n) is 3.96. The number of fused-ring (bicyclic) bond motifs is 1. The lowest BCUT2D eigenvalue weighted by atomic mass is 9.96. The molecule has 2 aliphatic rings. The Morgan fingerprint density at radius 1 is 1.11 bits per heavy atom. The first-order valence-electron chi connectivity index (χ1n) is 9.63. The molecule has 1 saturated heterocycles. The van der Waals surface area contributed by atoms with Crippen LogP contribution in [0.2, 0.25) is 0 Å². The van der Waals surface area contributed by atoms with E-state index in [9.17, 15) is 13.2 Å². The van der Waals surface area contributed by atoms with Crippen LogP contribution in [0.4, 0.5) is 5.69 Å². The van der Waals surface area contributed by atoms with Crippen LogP contribution in [0.25, 0.3) is 0 Å². The molecule has 6 nitrogen and oxygen atoms in total. The maximum Gasteiger partial charge on any atom is 0.252 e. The second-order valence-electron chi connectivity index (χ2n) is 7.36. The summed E-state index contributed by atoms with van der Waals surface area (Å²) >= 11 is 1.23. The van der Waals surface area contributed by atoms with E-state index in [0.717, 1.165) is 18.5 Å². The van der Waals surface area contributed by atoms with Crippen molar-refractivity contribution in [1.29, 1.82) is 0 Å². The van der Waals surface area contributed by atoms with Crippen molar-refractivity contribution in [1.82, 2.24) is 9.21 Å². The third kappa shape index (κ3) is 3.68. The van der Waals surface area contributed by atoms with Crippen molar-refractivity contribution in [3.63, 3.8) is 0 Å². The second kappa shape index (κ2) is 7.85. The van der Waals surface area contributed by atoms with Gasteiger partial charge in [0, 0.05) is 37.9 Å². The predicted molar refractivity (Wildman–Crippen MR) is 111 cm³/mol. The number of carbonyl (C=O) groups is 1. The van der Waals surface area contributed by atoms with Crippen LogP contribution in [0.1, 0.15) is 18.9 Å². The van der Waals surface area contributed by atoms with E-state index in [1.165, 1.54) is 21.2 Å². The van der Waals surface area contributed by atoms with Gasteiger partial charge in [0.15, 0.2) is 0 Å². The van der Waals surface area contributed by atoms with Gasteiger partial charge in [0.1, 0.15) is 4.21 Å². The fraction of sp³-hybridized carbons (Fsp3) is 0.450. The quantitative estimate of drug-likeness (QED) is 0.764. The summed E-state index contributed by atoms with van der Waals surface area (Å²) in [7, 11) is -3.44. The largest absolute Gasteiger partial charge is 0.359 e. The molecule has 0 spiro atoms. The molecule has 1 amide bonds. The van der Waals surface area contributed by atoms with Gasteiger partial charge in [0.25, 0.3) is 10.0 Å². The lowest BCUT2D eigenvalue weighted by Gasteiger charge is -2.39. The highest BCUT2D eigenvalue weighted by molar-refractivity contribution is 7.91. The van der Waals surface area contributed by atoms with Gasteiger partial charge < -0.3 is 9.80 Å². The number of nitrogens with zero attached hydrogens (tertiary/aromatic N) is 3. The number of amides is 1. The van der Waals surface area contributed by atoms with E-state index in [4.69, 9.17) is 0 Å². The van der Waals surface area contributed by atoms with E-state index in [2.05, 4.69) is 24.0 Å². The molecule has 1 fully saturated rings. The summed E-state index contributed by atoms with van der Waals surface area (Å²) in [5.41, 5.74) is 2.44. The molecule has 4 rings (SSSR count). The van der Waals surface area contributed by atoms with Crippen molar-refractivity contribution >= 4 is 33.0 Å². The van der Waals surface area contributed by atoms with Crippen molar-refractivity contribution in [3.05, 3.63) is 47.3 Å². The Morgan fingerprint density at radius 2 is 1.86 bits per heavy atom. The summed E-state index contributed by atoms with van der Waals surface area (Å²) in [5.74, 6) is 0.0664. The first kappa shape index (κ1) is 19.4. The Hall–Kier alpha value is -1.90. The van der Waals surface area contributed by atoms with E-state index in [0.29, 0.717) is 43.0 Å². The zero-order valence-electron chi connectivity index (χ0n) is 16.0. The van der Waals surface area contributed by atoms with Gasteiger partial charge in [-0.3, -0.25) is 4.79 Å². The Bertz CT molecular complexity index is 935. The number of carbonyl (C=O) groups excluding carboxylic acids is 1. The number of benzene rings is 1. The normalized spacial score (nSPS) is 20.8. The summed E-state index contributed by atoms with van der Waals surface area (Å²) < 4.78 is 27.1. The third-order valence-electron chi connectivity index (χ3n) is 5.65. The molecule has 1 aromatic carbocycles. The zero-order chi connectivity index (χ0) is 19.7. The lowest BCUT2D eigenvalue weighted by Crippen LogP contribution is -2.53. The van der Waals surface area contributed by atoms with Crippen LogP contribution in [0.15, 0.2) is 46.0 Å². The molecule has 0 N–H and O–H groups in total. The van der Waals surface area contributed by atoms with Gasteiger partial charge in [0.05, 0.1) is 6.54 Å². The number of para-hydroxylation sites is 1. The van der Waals surface area contributed by atoms with Crippen molar-refractivity contribution in [2.45, 2.75) is 30.0 Å². The number of rotatable bonds is 4. The molecule has 150 valence electrons. The Labute approximate surface area is 170 Å². The van der Waals surface area contributed by atoms with Crippen LogP contribution in [-0.2, 0) is 21.2 Å². The molecule has 0 aliphatic carbocycles. The lowest BCUT2D eigenvalue weighted by molar-refractivity contribution is -0.131. The number of thiophene rings is 1. The number of piperazine rings is 1. The minimum atomic E-state index is -3.44. The monoisotopic (exact) mass is 419 g/mol.